The second-order valence-corrected chi connectivity index (χ2v) is 8.62. The van der Waals surface area contributed by atoms with Crippen molar-refractivity contribution in [1.29, 1.82) is 0 Å². The molecule has 9 heteroatoms. The highest BCUT2D eigenvalue weighted by molar-refractivity contribution is 7.89. The summed E-state index contributed by atoms with van der Waals surface area (Å²) in [7, 11) is -1.91. The summed E-state index contributed by atoms with van der Waals surface area (Å²) < 4.78 is 28.7. The summed E-state index contributed by atoms with van der Waals surface area (Å²) in [4.78, 5) is 18.5. The van der Waals surface area contributed by atoms with Gasteiger partial charge in [0.2, 0.25) is 0 Å². The maximum atomic E-state index is 12.8. The normalized spacial score (nSPS) is 16.5. The lowest BCUT2D eigenvalue weighted by molar-refractivity contribution is 0.0764. The van der Waals surface area contributed by atoms with E-state index in [1.165, 1.54) is 10.5 Å². The SMILES string of the molecule is Cc1nc(S(=O)(=O)N2CCCN(C(=O)c3cccc(Cl)c3)CC2)cn1C. The summed E-state index contributed by atoms with van der Waals surface area (Å²) in [6.45, 7) is 3.18. The summed E-state index contributed by atoms with van der Waals surface area (Å²) in [6, 6.07) is 6.78. The first kappa shape index (κ1) is 18.9. The molecule has 0 unspecified atom stereocenters. The molecule has 0 saturated carbocycles. The van der Waals surface area contributed by atoms with Gasteiger partial charge in [-0.2, -0.15) is 4.31 Å². The van der Waals surface area contributed by atoms with E-state index in [2.05, 4.69) is 4.98 Å². The van der Waals surface area contributed by atoms with E-state index in [-0.39, 0.29) is 17.5 Å². The Labute approximate surface area is 158 Å². The molecular formula is C17H21ClN4O3S. The Hall–Kier alpha value is -1.90. The first-order valence-electron chi connectivity index (χ1n) is 8.34. The number of rotatable bonds is 3. The van der Waals surface area contributed by atoms with Gasteiger partial charge in [-0.1, -0.05) is 17.7 Å². The minimum Gasteiger partial charge on any atom is -0.337 e. The molecule has 1 aromatic carbocycles. The van der Waals surface area contributed by atoms with Crippen LogP contribution < -0.4 is 0 Å². The molecule has 0 spiro atoms. The van der Waals surface area contributed by atoms with Crippen LogP contribution in [0, 0.1) is 6.92 Å². The fourth-order valence-corrected chi connectivity index (χ4v) is 4.61. The highest BCUT2D eigenvalue weighted by atomic mass is 35.5. The summed E-state index contributed by atoms with van der Waals surface area (Å²) in [5.74, 6) is 0.497. The van der Waals surface area contributed by atoms with Crippen LogP contribution in [0.1, 0.15) is 22.6 Å². The molecule has 26 heavy (non-hydrogen) atoms. The minimum atomic E-state index is -3.67. The number of imidazole rings is 1. The molecule has 0 atom stereocenters. The Balaban J connectivity index is 1.74. The zero-order valence-electron chi connectivity index (χ0n) is 14.7. The average molecular weight is 397 g/mol. The number of aryl methyl sites for hydroxylation is 2. The van der Waals surface area contributed by atoms with E-state index in [9.17, 15) is 13.2 Å². The number of aromatic nitrogens is 2. The molecule has 0 radical (unpaired) electrons. The van der Waals surface area contributed by atoms with Crippen molar-refractivity contribution in [3.8, 4) is 0 Å². The number of benzene rings is 1. The van der Waals surface area contributed by atoms with E-state index in [0.29, 0.717) is 42.5 Å². The number of carbonyl (C=O) groups excluding carboxylic acids is 1. The monoisotopic (exact) mass is 396 g/mol. The number of hydrogen-bond acceptors (Lipinski definition) is 4. The van der Waals surface area contributed by atoms with Gasteiger partial charge >= 0.3 is 0 Å². The van der Waals surface area contributed by atoms with Crippen molar-refractivity contribution in [2.45, 2.75) is 18.4 Å². The summed E-state index contributed by atoms with van der Waals surface area (Å²) in [5.41, 5.74) is 0.508. The molecule has 1 aliphatic rings. The van der Waals surface area contributed by atoms with Crippen LogP contribution in [0.2, 0.25) is 5.02 Å². The fraction of sp³-hybridized carbons (Fsp3) is 0.412. The van der Waals surface area contributed by atoms with Crippen LogP contribution in [0.3, 0.4) is 0 Å². The fourth-order valence-electron chi connectivity index (χ4n) is 2.92. The maximum absolute atomic E-state index is 12.8. The average Bonchev–Trinajstić information content (AvgIpc) is 2.82. The minimum absolute atomic E-state index is 0.0483. The number of sulfonamides is 1. The molecule has 140 valence electrons. The second-order valence-electron chi connectivity index (χ2n) is 6.30. The Morgan fingerprint density at radius 1 is 1.19 bits per heavy atom. The number of amides is 1. The largest absolute Gasteiger partial charge is 0.337 e. The first-order valence-corrected chi connectivity index (χ1v) is 10.2. The summed E-state index contributed by atoms with van der Waals surface area (Å²) in [6.07, 6.45) is 2.09. The van der Waals surface area contributed by atoms with E-state index >= 15 is 0 Å². The van der Waals surface area contributed by atoms with Gasteiger partial charge in [-0.25, -0.2) is 13.4 Å². The van der Waals surface area contributed by atoms with E-state index < -0.39 is 10.0 Å². The Bertz CT molecular complexity index is 906. The Morgan fingerprint density at radius 2 is 1.96 bits per heavy atom. The van der Waals surface area contributed by atoms with Crippen molar-refractivity contribution in [3.63, 3.8) is 0 Å². The standard InChI is InChI=1S/C17H21ClN4O3S/c1-13-19-16(12-20(13)2)26(24,25)22-8-4-7-21(9-10-22)17(23)14-5-3-6-15(18)11-14/h3,5-6,11-12H,4,7-10H2,1-2H3. The molecule has 1 saturated heterocycles. The van der Waals surface area contributed by atoms with Gasteiger partial charge < -0.3 is 9.47 Å². The molecule has 0 N–H and O–H groups in total. The molecule has 0 aliphatic carbocycles. The molecule has 7 nitrogen and oxygen atoms in total. The molecule has 0 bridgehead atoms. The molecule has 2 aromatic rings. The predicted octanol–water partition coefficient (Wildman–Crippen LogP) is 1.92. The van der Waals surface area contributed by atoms with Crippen molar-refractivity contribution in [2.24, 2.45) is 7.05 Å². The van der Waals surface area contributed by atoms with E-state index in [0.717, 1.165) is 0 Å². The van der Waals surface area contributed by atoms with Crippen LogP contribution in [-0.4, -0.2) is 59.3 Å². The molecule has 1 aliphatic heterocycles. The van der Waals surface area contributed by atoms with Crippen molar-refractivity contribution in [1.82, 2.24) is 18.8 Å². The van der Waals surface area contributed by atoms with Gasteiger partial charge in [0.15, 0.2) is 5.03 Å². The molecule has 2 heterocycles. The van der Waals surface area contributed by atoms with Crippen molar-refractivity contribution in [2.75, 3.05) is 26.2 Å². The van der Waals surface area contributed by atoms with Crippen LogP contribution in [0.5, 0.6) is 0 Å². The van der Waals surface area contributed by atoms with Crippen LogP contribution in [-0.2, 0) is 17.1 Å². The first-order chi connectivity index (χ1) is 12.3. The zero-order valence-corrected chi connectivity index (χ0v) is 16.3. The zero-order chi connectivity index (χ0) is 18.9. The molecule has 3 rings (SSSR count). The Morgan fingerprint density at radius 3 is 2.62 bits per heavy atom. The van der Waals surface area contributed by atoms with Gasteiger partial charge in [0.25, 0.3) is 15.9 Å². The topological polar surface area (TPSA) is 75.5 Å². The highest BCUT2D eigenvalue weighted by Gasteiger charge is 2.30. The summed E-state index contributed by atoms with van der Waals surface area (Å²) >= 11 is 5.96. The van der Waals surface area contributed by atoms with Gasteiger partial charge in [0, 0.05) is 50.0 Å². The van der Waals surface area contributed by atoms with Gasteiger partial charge in [0.05, 0.1) is 0 Å². The molecular weight excluding hydrogens is 376 g/mol. The van der Waals surface area contributed by atoms with Crippen LogP contribution in [0.15, 0.2) is 35.5 Å². The maximum Gasteiger partial charge on any atom is 0.262 e. The lowest BCUT2D eigenvalue weighted by Crippen LogP contribution is -2.37. The summed E-state index contributed by atoms with van der Waals surface area (Å²) in [5, 5.41) is 0.549. The highest BCUT2D eigenvalue weighted by Crippen LogP contribution is 2.19. The van der Waals surface area contributed by atoms with Gasteiger partial charge in [-0.15, -0.1) is 0 Å². The van der Waals surface area contributed by atoms with Gasteiger partial charge in [-0.05, 0) is 31.5 Å². The molecule has 1 aromatic heterocycles. The number of hydrogen-bond donors (Lipinski definition) is 0. The van der Waals surface area contributed by atoms with E-state index in [4.69, 9.17) is 11.6 Å². The quantitative estimate of drug-likeness (QED) is 0.794. The second kappa shape index (κ2) is 7.38. The number of carbonyl (C=O) groups is 1. The molecule has 1 amide bonds. The number of halogens is 1. The number of nitrogens with zero attached hydrogens (tertiary/aromatic N) is 4. The van der Waals surface area contributed by atoms with Crippen LogP contribution >= 0.6 is 11.6 Å². The third-order valence-electron chi connectivity index (χ3n) is 4.50. The Kier molecular flexibility index (Phi) is 5.36. The lowest BCUT2D eigenvalue weighted by atomic mass is 10.2. The third-order valence-corrected chi connectivity index (χ3v) is 6.51. The van der Waals surface area contributed by atoms with E-state index in [1.807, 2.05) is 0 Å². The predicted molar refractivity (Wildman–Crippen MR) is 98.7 cm³/mol. The van der Waals surface area contributed by atoms with Crippen molar-refractivity contribution in [3.05, 3.63) is 46.9 Å². The smallest absolute Gasteiger partial charge is 0.262 e. The van der Waals surface area contributed by atoms with E-state index in [1.54, 1.807) is 47.7 Å². The van der Waals surface area contributed by atoms with Gasteiger partial charge in [-0.3, -0.25) is 4.79 Å². The lowest BCUT2D eigenvalue weighted by Gasteiger charge is -2.21. The van der Waals surface area contributed by atoms with Crippen molar-refractivity contribution >= 4 is 27.5 Å². The van der Waals surface area contributed by atoms with Crippen molar-refractivity contribution < 1.29 is 13.2 Å². The third kappa shape index (κ3) is 3.77. The van der Waals surface area contributed by atoms with Gasteiger partial charge in [0.1, 0.15) is 5.82 Å². The molecule has 1 fully saturated rings. The van der Waals surface area contributed by atoms with Crippen LogP contribution in [0.4, 0.5) is 0 Å². The van der Waals surface area contributed by atoms with Crippen LogP contribution in [0.25, 0.3) is 0 Å².